The number of hydrogen-bond acceptors (Lipinski definition) is 4. The van der Waals surface area contributed by atoms with Crippen molar-refractivity contribution in [3.05, 3.63) is 63.6 Å². The van der Waals surface area contributed by atoms with Crippen LogP contribution in [-0.2, 0) is 4.74 Å². The summed E-state index contributed by atoms with van der Waals surface area (Å²) in [7, 11) is 0. The molecule has 0 aliphatic heterocycles. The van der Waals surface area contributed by atoms with E-state index < -0.39 is 12.6 Å². The van der Waals surface area contributed by atoms with E-state index in [-0.39, 0.29) is 16.4 Å². The Hall–Kier alpha value is -2.04. The standard InChI is InChI=1S/C15H11Cl2NO3/c16-11-6-5-9(7-12(11)17)14(19)8-21-15(20)10-3-1-2-4-13(10)18/h1-7H,8,18H2. The average molecular weight is 324 g/mol. The number of nitrogens with two attached hydrogens (primary N) is 1. The number of esters is 1. The Balaban J connectivity index is 2.02. The number of anilines is 1. The highest BCUT2D eigenvalue weighted by atomic mass is 35.5. The molecule has 0 bridgehead atoms. The van der Waals surface area contributed by atoms with E-state index in [1.807, 2.05) is 0 Å². The molecular weight excluding hydrogens is 313 g/mol. The fraction of sp³-hybridized carbons (Fsp3) is 0.0667. The first-order valence-electron chi connectivity index (χ1n) is 5.99. The first kappa shape index (κ1) is 15.4. The Morgan fingerprint density at radius 2 is 1.76 bits per heavy atom. The number of carbonyl (C=O) groups is 2. The number of benzene rings is 2. The Kier molecular flexibility index (Phi) is 4.83. The molecule has 4 nitrogen and oxygen atoms in total. The van der Waals surface area contributed by atoms with Crippen molar-refractivity contribution in [1.29, 1.82) is 0 Å². The average Bonchev–Trinajstić information content (AvgIpc) is 2.47. The highest BCUT2D eigenvalue weighted by Gasteiger charge is 2.14. The molecule has 0 spiro atoms. The predicted octanol–water partition coefficient (Wildman–Crippen LogP) is 3.62. The van der Waals surface area contributed by atoms with E-state index in [1.54, 1.807) is 18.2 Å². The summed E-state index contributed by atoms with van der Waals surface area (Å²) in [5.74, 6) is -1.03. The predicted molar refractivity (Wildman–Crippen MR) is 81.9 cm³/mol. The molecule has 0 saturated carbocycles. The third-order valence-electron chi connectivity index (χ3n) is 2.76. The summed E-state index contributed by atoms with van der Waals surface area (Å²) in [4.78, 5) is 23.7. The highest BCUT2D eigenvalue weighted by molar-refractivity contribution is 6.42. The van der Waals surface area contributed by atoms with Gasteiger partial charge < -0.3 is 10.5 Å². The summed E-state index contributed by atoms with van der Waals surface area (Å²) in [5, 5.41) is 0.614. The van der Waals surface area contributed by atoms with Crippen molar-refractivity contribution in [1.82, 2.24) is 0 Å². The summed E-state index contributed by atoms with van der Waals surface area (Å²) in [5.41, 5.74) is 6.49. The summed E-state index contributed by atoms with van der Waals surface area (Å²) in [6.45, 7) is -0.398. The molecule has 0 radical (unpaired) electrons. The molecule has 0 aromatic heterocycles. The van der Waals surface area contributed by atoms with Gasteiger partial charge in [-0.05, 0) is 30.3 Å². The zero-order valence-electron chi connectivity index (χ0n) is 10.8. The number of ether oxygens (including phenoxy) is 1. The molecule has 21 heavy (non-hydrogen) atoms. The fourth-order valence-electron chi connectivity index (χ4n) is 1.64. The van der Waals surface area contributed by atoms with Crippen LogP contribution in [0.4, 0.5) is 5.69 Å². The molecule has 6 heteroatoms. The summed E-state index contributed by atoms with van der Waals surface area (Å²) in [6.07, 6.45) is 0. The fourth-order valence-corrected chi connectivity index (χ4v) is 1.94. The Bertz CT molecular complexity index is 701. The van der Waals surface area contributed by atoms with E-state index in [2.05, 4.69) is 0 Å². The molecule has 0 heterocycles. The number of Topliss-reactive ketones (excluding diaryl/α,β-unsaturated/α-hetero) is 1. The van der Waals surface area contributed by atoms with E-state index in [9.17, 15) is 9.59 Å². The van der Waals surface area contributed by atoms with Crippen LogP contribution in [0, 0.1) is 0 Å². The minimum atomic E-state index is -0.651. The third kappa shape index (κ3) is 3.74. The minimum Gasteiger partial charge on any atom is -0.454 e. The molecule has 0 amide bonds. The van der Waals surface area contributed by atoms with E-state index in [0.29, 0.717) is 16.3 Å². The number of ketones is 1. The summed E-state index contributed by atoms with van der Waals surface area (Å²) < 4.78 is 4.95. The third-order valence-corrected chi connectivity index (χ3v) is 3.50. The number of carbonyl (C=O) groups excluding carboxylic acids is 2. The van der Waals surface area contributed by atoms with Gasteiger partial charge in [0.15, 0.2) is 12.4 Å². The van der Waals surface area contributed by atoms with Crippen LogP contribution in [-0.4, -0.2) is 18.4 Å². The van der Waals surface area contributed by atoms with Crippen molar-refractivity contribution in [2.24, 2.45) is 0 Å². The maximum atomic E-state index is 11.9. The molecule has 0 fully saturated rings. The Morgan fingerprint density at radius 1 is 1.05 bits per heavy atom. The summed E-state index contributed by atoms with van der Waals surface area (Å²) >= 11 is 11.6. The lowest BCUT2D eigenvalue weighted by Crippen LogP contribution is -2.15. The SMILES string of the molecule is Nc1ccccc1C(=O)OCC(=O)c1ccc(Cl)c(Cl)c1. The van der Waals surface area contributed by atoms with Gasteiger partial charge in [0.05, 0.1) is 15.6 Å². The van der Waals surface area contributed by atoms with Gasteiger partial charge in [0.25, 0.3) is 0 Å². The first-order chi connectivity index (χ1) is 9.99. The zero-order chi connectivity index (χ0) is 15.4. The van der Waals surface area contributed by atoms with Gasteiger partial charge in [0.1, 0.15) is 0 Å². The second-order valence-electron chi connectivity index (χ2n) is 4.22. The van der Waals surface area contributed by atoms with Crippen LogP contribution in [0.25, 0.3) is 0 Å². The minimum absolute atomic E-state index is 0.222. The zero-order valence-corrected chi connectivity index (χ0v) is 12.3. The van der Waals surface area contributed by atoms with Gasteiger partial charge in [-0.2, -0.15) is 0 Å². The quantitative estimate of drug-likeness (QED) is 0.530. The van der Waals surface area contributed by atoms with Gasteiger partial charge in [0.2, 0.25) is 0 Å². The van der Waals surface area contributed by atoms with Crippen LogP contribution >= 0.6 is 23.2 Å². The van der Waals surface area contributed by atoms with E-state index in [4.69, 9.17) is 33.7 Å². The second-order valence-corrected chi connectivity index (χ2v) is 5.03. The lowest BCUT2D eigenvalue weighted by atomic mass is 10.1. The van der Waals surface area contributed by atoms with Crippen LogP contribution in [0.1, 0.15) is 20.7 Å². The lowest BCUT2D eigenvalue weighted by molar-refractivity contribution is 0.0476. The molecule has 0 saturated heterocycles. The van der Waals surface area contributed by atoms with Gasteiger partial charge in [-0.1, -0.05) is 35.3 Å². The summed E-state index contributed by atoms with van der Waals surface area (Å²) in [6, 6.07) is 10.9. The number of nitrogen functional groups attached to an aromatic ring is 1. The number of rotatable bonds is 4. The number of halogens is 2. The lowest BCUT2D eigenvalue weighted by Gasteiger charge is -2.07. The van der Waals surface area contributed by atoms with E-state index >= 15 is 0 Å². The van der Waals surface area contributed by atoms with Crippen molar-refractivity contribution >= 4 is 40.6 Å². The van der Waals surface area contributed by atoms with Crippen LogP contribution in [0.2, 0.25) is 10.0 Å². The first-order valence-corrected chi connectivity index (χ1v) is 6.74. The molecule has 2 aromatic rings. The van der Waals surface area contributed by atoms with Crippen molar-refractivity contribution in [3.63, 3.8) is 0 Å². The maximum absolute atomic E-state index is 11.9. The van der Waals surface area contributed by atoms with Crippen molar-refractivity contribution in [3.8, 4) is 0 Å². The van der Waals surface area contributed by atoms with Crippen molar-refractivity contribution in [2.75, 3.05) is 12.3 Å². The second kappa shape index (κ2) is 6.61. The number of hydrogen-bond donors (Lipinski definition) is 1. The molecule has 0 aliphatic rings. The molecule has 0 aliphatic carbocycles. The Labute approximate surface area is 131 Å². The number of para-hydroxylation sites is 1. The smallest absolute Gasteiger partial charge is 0.340 e. The molecular formula is C15H11Cl2NO3. The van der Waals surface area contributed by atoms with Gasteiger partial charge in [0, 0.05) is 11.3 Å². The molecule has 2 N–H and O–H groups in total. The maximum Gasteiger partial charge on any atom is 0.340 e. The molecule has 2 rings (SSSR count). The topological polar surface area (TPSA) is 69.4 Å². The largest absolute Gasteiger partial charge is 0.454 e. The van der Waals surface area contributed by atoms with Crippen LogP contribution < -0.4 is 5.73 Å². The molecule has 0 atom stereocenters. The molecule has 0 unspecified atom stereocenters. The van der Waals surface area contributed by atoms with Gasteiger partial charge in [-0.25, -0.2) is 4.79 Å². The normalized spacial score (nSPS) is 10.2. The molecule has 2 aromatic carbocycles. The van der Waals surface area contributed by atoms with Crippen molar-refractivity contribution < 1.29 is 14.3 Å². The van der Waals surface area contributed by atoms with E-state index in [1.165, 1.54) is 24.3 Å². The van der Waals surface area contributed by atoms with E-state index in [0.717, 1.165) is 0 Å². The molecule has 108 valence electrons. The van der Waals surface area contributed by atoms with Crippen LogP contribution in [0.15, 0.2) is 42.5 Å². The van der Waals surface area contributed by atoms with Crippen LogP contribution in [0.3, 0.4) is 0 Å². The monoisotopic (exact) mass is 323 g/mol. The van der Waals surface area contributed by atoms with Gasteiger partial charge in [-0.3, -0.25) is 4.79 Å². The highest BCUT2D eigenvalue weighted by Crippen LogP contribution is 2.23. The van der Waals surface area contributed by atoms with Crippen LogP contribution in [0.5, 0.6) is 0 Å². The van der Waals surface area contributed by atoms with Gasteiger partial charge >= 0.3 is 5.97 Å². The van der Waals surface area contributed by atoms with Crippen molar-refractivity contribution in [2.45, 2.75) is 0 Å². The Morgan fingerprint density at radius 3 is 2.43 bits per heavy atom. The van der Waals surface area contributed by atoms with Gasteiger partial charge in [-0.15, -0.1) is 0 Å².